The molecule has 5 nitrogen and oxygen atoms in total. The van der Waals surface area contributed by atoms with Crippen LogP contribution >= 0.6 is 12.2 Å². The molecule has 1 heterocycles. The number of aromatic nitrogens is 2. The maximum atomic E-state index is 10.7. The standard InChI is InChI=1S/C5H7N3O2S/c1-2-3(9)6-4-7-8-5(11)10-4/h2H2,1H3,(H,8,11)(H,6,7,9). The van der Waals surface area contributed by atoms with Gasteiger partial charge >= 0.3 is 6.01 Å². The number of hydrogen-bond acceptors (Lipinski definition) is 4. The minimum Gasteiger partial charge on any atom is -0.396 e. The molecule has 0 atom stereocenters. The Bertz CT molecular complexity index is 303. The highest BCUT2D eigenvalue weighted by Gasteiger charge is 2.02. The third-order valence-corrected chi connectivity index (χ3v) is 1.18. The topological polar surface area (TPSA) is 70.9 Å². The Balaban J connectivity index is 2.65. The van der Waals surface area contributed by atoms with E-state index in [-0.39, 0.29) is 16.8 Å². The van der Waals surface area contributed by atoms with Crippen LogP contribution in [0, 0.1) is 4.84 Å². The van der Waals surface area contributed by atoms with Gasteiger partial charge in [-0.25, -0.2) is 5.10 Å². The third kappa shape index (κ3) is 2.15. The summed E-state index contributed by atoms with van der Waals surface area (Å²) in [4.78, 5) is 10.9. The molecule has 0 aromatic carbocycles. The molecule has 0 saturated heterocycles. The summed E-state index contributed by atoms with van der Waals surface area (Å²) in [6, 6.07) is 0.113. The molecule has 0 aliphatic heterocycles. The summed E-state index contributed by atoms with van der Waals surface area (Å²) in [5.74, 6) is -0.157. The Morgan fingerprint density at radius 2 is 2.64 bits per heavy atom. The highest BCUT2D eigenvalue weighted by atomic mass is 32.1. The average molecular weight is 173 g/mol. The van der Waals surface area contributed by atoms with Gasteiger partial charge in [0.2, 0.25) is 5.91 Å². The number of amides is 1. The molecule has 0 bridgehead atoms. The largest absolute Gasteiger partial charge is 0.396 e. The molecule has 0 aliphatic rings. The average Bonchev–Trinajstić information content (AvgIpc) is 2.35. The van der Waals surface area contributed by atoms with Crippen molar-refractivity contribution in [3.63, 3.8) is 0 Å². The van der Waals surface area contributed by atoms with E-state index in [0.717, 1.165) is 0 Å². The summed E-state index contributed by atoms with van der Waals surface area (Å²) in [7, 11) is 0. The van der Waals surface area contributed by atoms with Crippen LogP contribution in [0.5, 0.6) is 0 Å². The quantitative estimate of drug-likeness (QED) is 0.656. The number of hydrogen-bond donors (Lipinski definition) is 2. The van der Waals surface area contributed by atoms with Crippen molar-refractivity contribution in [3.8, 4) is 0 Å². The van der Waals surface area contributed by atoms with Crippen molar-refractivity contribution < 1.29 is 9.21 Å². The van der Waals surface area contributed by atoms with Gasteiger partial charge in [-0.15, -0.1) is 5.10 Å². The van der Waals surface area contributed by atoms with Crippen LogP contribution < -0.4 is 5.32 Å². The highest BCUT2D eigenvalue weighted by Crippen LogP contribution is 2.00. The number of rotatable bonds is 2. The zero-order valence-corrected chi connectivity index (χ0v) is 6.70. The van der Waals surface area contributed by atoms with Crippen molar-refractivity contribution in [3.05, 3.63) is 4.84 Å². The first-order valence-corrected chi connectivity index (χ1v) is 3.48. The number of nitrogens with one attached hydrogen (secondary N) is 2. The van der Waals surface area contributed by atoms with E-state index in [2.05, 4.69) is 27.7 Å². The molecule has 2 N–H and O–H groups in total. The number of carbonyl (C=O) groups is 1. The van der Waals surface area contributed by atoms with Crippen molar-refractivity contribution in [2.45, 2.75) is 13.3 Å². The van der Waals surface area contributed by atoms with Gasteiger partial charge in [0.15, 0.2) is 0 Å². The lowest BCUT2D eigenvalue weighted by Gasteiger charge is -1.92. The first kappa shape index (κ1) is 7.93. The van der Waals surface area contributed by atoms with Crippen LogP contribution in [-0.2, 0) is 4.79 Å². The van der Waals surface area contributed by atoms with Gasteiger partial charge in [-0.3, -0.25) is 10.1 Å². The van der Waals surface area contributed by atoms with Gasteiger partial charge in [-0.1, -0.05) is 6.92 Å². The number of nitrogens with zero attached hydrogens (tertiary/aromatic N) is 1. The molecule has 0 saturated carbocycles. The molecule has 6 heteroatoms. The molecule has 1 rings (SSSR count). The predicted octanol–water partition coefficient (Wildman–Crippen LogP) is 1.08. The van der Waals surface area contributed by atoms with E-state index in [4.69, 9.17) is 4.42 Å². The zero-order chi connectivity index (χ0) is 8.27. The van der Waals surface area contributed by atoms with Crippen LogP contribution in [0.1, 0.15) is 13.3 Å². The molecule has 1 aromatic rings. The summed E-state index contributed by atoms with van der Waals surface area (Å²) in [6.07, 6.45) is 0.384. The molecular weight excluding hydrogens is 166 g/mol. The Kier molecular flexibility index (Phi) is 2.37. The monoisotopic (exact) mass is 173 g/mol. The van der Waals surface area contributed by atoms with Gasteiger partial charge in [-0.2, -0.15) is 0 Å². The van der Waals surface area contributed by atoms with Crippen LogP contribution in [0.15, 0.2) is 4.42 Å². The second kappa shape index (κ2) is 3.29. The summed E-state index contributed by atoms with van der Waals surface area (Å²) in [5, 5.41) is 8.36. The molecule has 0 aliphatic carbocycles. The molecule has 11 heavy (non-hydrogen) atoms. The third-order valence-electron chi connectivity index (χ3n) is 1.01. The Labute approximate surface area is 67.8 Å². The second-order valence-electron chi connectivity index (χ2n) is 1.82. The number of anilines is 1. The first-order chi connectivity index (χ1) is 5.22. The van der Waals surface area contributed by atoms with Gasteiger partial charge in [0, 0.05) is 6.42 Å². The fourth-order valence-electron chi connectivity index (χ4n) is 0.491. The van der Waals surface area contributed by atoms with Crippen molar-refractivity contribution in [1.29, 1.82) is 0 Å². The van der Waals surface area contributed by atoms with Gasteiger partial charge in [0.1, 0.15) is 0 Å². The van der Waals surface area contributed by atoms with Crippen LogP contribution in [0.3, 0.4) is 0 Å². The minimum absolute atomic E-state index is 0.113. The summed E-state index contributed by atoms with van der Waals surface area (Å²) < 4.78 is 4.77. The van der Waals surface area contributed by atoms with E-state index in [1.165, 1.54) is 0 Å². The Morgan fingerprint density at radius 3 is 3.09 bits per heavy atom. The summed E-state index contributed by atoms with van der Waals surface area (Å²) >= 11 is 4.59. The normalized spacial score (nSPS) is 9.55. The second-order valence-corrected chi connectivity index (χ2v) is 2.19. The van der Waals surface area contributed by atoms with Gasteiger partial charge in [0.05, 0.1) is 0 Å². The van der Waals surface area contributed by atoms with Crippen molar-refractivity contribution in [2.75, 3.05) is 5.32 Å². The molecule has 0 fully saturated rings. The molecular formula is C5H7N3O2S. The number of H-pyrrole nitrogens is 1. The number of carbonyl (C=O) groups excluding carboxylic acids is 1. The van der Waals surface area contributed by atoms with Gasteiger partial charge < -0.3 is 4.42 Å². The van der Waals surface area contributed by atoms with E-state index in [1.807, 2.05) is 0 Å². The van der Waals surface area contributed by atoms with E-state index >= 15 is 0 Å². The Morgan fingerprint density at radius 1 is 1.91 bits per heavy atom. The van der Waals surface area contributed by atoms with Crippen LogP contribution in [0.2, 0.25) is 0 Å². The van der Waals surface area contributed by atoms with E-state index in [1.54, 1.807) is 6.92 Å². The zero-order valence-electron chi connectivity index (χ0n) is 5.88. The highest BCUT2D eigenvalue weighted by molar-refractivity contribution is 7.71. The van der Waals surface area contributed by atoms with Crippen molar-refractivity contribution >= 4 is 24.1 Å². The molecule has 1 aromatic heterocycles. The van der Waals surface area contributed by atoms with Crippen LogP contribution in [-0.4, -0.2) is 16.1 Å². The predicted molar refractivity (Wildman–Crippen MR) is 40.6 cm³/mol. The number of aromatic amines is 1. The maximum Gasteiger partial charge on any atom is 0.321 e. The summed E-state index contributed by atoms with van der Waals surface area (Å²) in [6.45, 7) is 1.73. The van der Waals surface area contributed by atoms with Crippen molar-refractivity contribution in [2.24, 2.45) is 0 Å². The van der Waals surface area contributed by atoms with Crippen molar-refractivity contribution in [1.82, 2.24) is 10.2 Å². The molecule has 0 spiro atoms. The van der Waals surface area contributed by atoms with E-state index in [0.29, 0.717) is 6.42 Å². The van der Waals surface area contributed by atoms with Crippen LogP contribution in [0.25, 0.3) is 0 Å². The lowest BCUT2D eigenvalue weighted by Crippen LogP contribution is -2.09. The molecule has 0 unspecified atom stereocenters. The minimum atomic E-state index is -0.157. The van der Waals surface area contributed by atoms with Gasteiger partial charge in [-0.05, 0) is 12.2 Å². The molecule has 1 amide bonds. The first-order valence-electron chi connectivity index (χ1n) is 3.07. The Hall–Kier alpha value is -1.17. The smallest absolute Gasteiger partial charge is 0.321 e. The van der Waals surface area contributed by atoms with Crippen LogP contribution in [0.4, 0.5) is 6.01 Å². The summed E-state index contributed by atoms with van der Waals surface area (Å²) in [5.41, 5.74) is 0. The lowest BCUT2D eigenvalue weighted by molar-refractivity contribution is -0.116. The van der Waals surface area contributed by atoms with E-state index in [9.17, 15) is 4.79 Å². The SMILES string of the molecule is CCC(=O)Nc1n[nH]c(=S)o1. The molecule has 60 valence electrons. The maximum absolute atomic E-state index is 10.7. The molecule has 0 radical (unpaired) electrons. The van der Waals surface area contributed by atoms with E-state index < -0.39 is 0 Å². The fourth-order valence-corrected chi connectivity index (χ4v) is 0.616. The fraction of sp³-hybridized carbons (Fsp3) is 0.400. The van der Waals surface area contributed by atoms with Gasteiger partial charge in [0.25, 0.3) is 4.84 Å². The lowest BCUT2D eigenvalue weighted by atomic mass is 10.5.